The number of nitrogens with zero attached hydrogens (tertiary/aromatic N) is 1. The van der Waals surface area contributed by atoms with Crippen LogP contribution in [-0.2, 0) is 24.6 Å². The molecule has 7 heteroatoms. The van der Waals surface area contributed by atoms with Crippen molar-refractivity contribution >= 4 is 26.0 Å². The van der Waals surface area contributed by atoms with Crippen molar-refractivity contribution in [2.45, 2.75) is 5.60 Å². The standard InChI is InChI=1S/C9H10BrNO4S/c1-16(12,13)15-9(5-14-6-9)8-3-2-7(10)4-11-8/h2-4H,5-6H2,1H3. The van der Waals surface area contributed by atoms with E-state index >= 15 is 0 Å². The maximum atomic E-state index is 11.2. The molecule has 2 rings (SSSR count). The Morgan fingerprint density at radius 2 is 2.19 bits per heavy atom. The fourth-order valence-electron chi connectivity index (χ4n) is 1.46. The van der Waals surface area contributed by atoms with Crippen molar-refractivity contribution in [3.63, 3.8) is 0 Å². The van der Waals surface area contributed by atoms with Crippen molar-refractivity contribution in [3.8, 4) is 0 Å². The zero-order chi connectivity index (χ0) is 11.8. The maximum Gasteiger partial charge on any atom is 0.265 e. The third-order valence-corrected chi connectivity index (χ3v) is 3.27. The molecule has 0 bridgehead atoms. The van der Waals surface area contributed by atoms with E-state index in [0.29, 0.717) is 5.69 Å². The molecule has 0 N–H and O–H groups in total. The Balaban J connectivity index is 2.31. The highest BCUT2D eigenvalue weighted by Crippen LogP contribution is 2.34. The fourth-order valence-corrected chi connectivity index (χ4v) is 2.46. The van der Waals surface area contributed by atoms with Crippen molar-refractivity contribution < 1.29 is 17.3 Å². The van der Waals surface area contributed by atoms with Crippen molar-refractivity contribution in [2.75, 3.05) is 19.5 Å². The summed E-state index contributed by atoms with van der Waals surface area (Å²) in [6.45, 7) is 0.406. The zero-order valence-corrected chi connectivity index (χ0v) is 10.9. The molecule has 0 aliphatic carbocycles. The van der Waals surface area contributed by atoms with Crippen LogP contribution >= 0.6 is 15.9 Å². The van der Waals surface area contributed by atoms with Crippen LogP contribution in [0.4, 0.5) is 0 Å². The average molecular weight is 308 g/mol. The van der Waals surface area contributed by atoms with E-state index in [0.717, 1.165) is 10.7 Å². The molecule has 0 aromatic carbocycles. The molecule has 0 amide bonds. The number of hydrogen-bond donors (Lipinski definition) is 0. The van der Waals surface area contributed by atoms with Crippen LogP contribution in [0.15, 0.2) is 22.8 Å². The van der Waals surface area contributed by atoms with E-state index in [1.807, 2.05) is 0 Å². The maximum absolute atomic E-state index is 11.2. The molecule has 2 heterocycles. The lowest BCUT2D eigenvalue weighted by molar-refractivity contribution is -0.167. The van der Waals surface area contributed by atoms with Crippen LogP contribution in [0.25, 0.3) is 0 Å². The third kappa shape index (κ3) is 2.42. The predicted molar refractivity (Wildman–Crippen MR) is 60.4 cm³/mol. The number of rotatable bonds is 3. The van der Waals surface area contributed by atoms with E-state index in [9.17, 15) is 8.42 Å². The topological polar surface area (TPSA) is 65.5 Å². The zero-order valence-electron chi connectivity index (χ0n) is 8.51. The SMILES string of the molecule is CS(=O)(=O)OC1(c2ccc(Br)cn2)COC1. The van der Waals surface area contributed by atoms with Gasteiger partial charge in [0.15, 0.2) is 5.60 Å². The number of ether oxygens (including phenoxy) is 1. The number of aromatic nitrogens is 1. The van der Waals surface area contributed by atoms with Crippen LogP contribution in [0, 0.1) is 0 Å². The summed E-state index contributed by atoms with van der Waals surface area (Å²) in [5.74, 6) is 0. The van der Waals surface area contributed by atoms with Gasteiger partial charge in [0.05, 0.1) is 25.2 Å². The highest BCUT2D eigenvalue weighted by molar-refractivity contribution is 9.10. The lowest BCUT2D eigenvalue weighted by atomic mass is 9.97. The Bertz CT molecular complexity index is 481. The van der Waals surface area contributed by atoms with Crippen LogP contribution in [-0.4, -0.2) is 32.9 Å². The number of hydrogen-bond acceptors (Lipinski definition) is 5. The second kappa shape index (κ2) is 4.06. The van der Waals surface area contributed by atoms with Crippen molar-refractivity contribution in [2.24, 2.45) is 0 Å². The van der Waals surface area contributed by atoms with Crippen molar-refractivity contribution in [3.05, 3.63) is 28.5 Å². The predicted octanol–water partition coefficient (Wildman–Crippen LogP) is 1.05. The minimum Gasteiger partial charge on any atom is -0.374 e. The van der Waals surface area contributed by atoms with Crippen LogP contribution in [0.1, 0.15) is 5.69 Å². The minimum absolute atomic E-state index is 0.203. The largest absolute Gasteiger partial charge is 0.374 e. The molecule has 1 saturated heterocycles. The first kappa shape index (κ1) is 12.0. The first-order chi connectivity index (χ1) is 7.41. The van der Waals surface area contributed by atoms with Gasteiger partial charge in [-0.1, -0.05) is 0 Å². The second-order valence-corrected chi connectivity index (χ2v) is 6.13. The lowest BCUT2D eigenvalue weighted by Gasteiger charge is -2.38. The molecule has 0 spiro atoms. The Kier molecular flexibility index (Phi) is 3.04. The van der Waals surface area contributed by atoms with Crippen LogP contribution in [0.5, 0.6) is 0 Å². The minimum atomic E-state index is -3.53. The molecule has 0 radical (unpaired) electrons. The fraction of sp³-hybridized carbons (Fsp3) is 0.444. The van der Waals surface area contributed by atoms with Gasteiger partial charge in [0, 0.05) is 10.7 Å². The molecule has 0 atom stereocenters. The van der Waals surface area contributed by atoms with E-state index in [1.165, 1.54) is 0 Å². The average Bonchev–Trinajstić information content (AvgIpc) is 2.11. The molecule has 1 aliphatic heterocycles. The summed E-state index contributed by atoms with van der Waals surface area (Å²) < 4.78 is 33.2. The highest BCUT2D eigenvalue weighted by atomic mass is 79.9. The van der Waals surface area contributed by atoms with Crippen LogP contribution in [0.2, 0.25) is 0 Å². The molecule has 0 saturated carbocycles. The van der Waals surface area contributed by atoms with E-state index in [4.69, 9.17) is 8.92 Å². The lowest BCUT2D eigenvalue weighted by Crippen LogP contribution is -2.50. The first-order valence-corrected chi connectivity index (χ1v) is 7.13. The summed E-state index contributed by atoms with van der Waals surface area (Å²) in [5, 5.41) is 0. The molecular formula is C9H10BrNO4S. The van der Waals surface area contributed by atoms with Gasteiger partial charge in [0.25, 0.3) is 10.1 Å². The van der Waals surface area contributed by atoms with Crippen LogP contribution < -0.4 is 0 Å². The van der Waals surface area contributed by atoms with Gasteiger partial charge in [0.2, 0.25) is 0 Å². The summed E-state index contributed by atoms with van der Waals surface area (Å²) >= 11 is 3.26. The summed E-state index contributed by atoms with van der Waals surface area (Å²) in [6.07, 6.45) is 2.62. The van der Waals surface area contributed by atoms with Gasteiger partial charge < -0.3 is 4.74 Å². The molecule has 88 valence electrons. The highest BCUT2D eigenvalue weighted by Gasteiger charge is 2.46. The molecule has 5 nitrogen and oxygen atoms in total. The second-order valence-electron chi connectivity index (χ2n) is 3.64. The molecular weight excluding hydrogens is 298 g/mol. The van der Waals surface area contributed by atoms with Crippen molar-refractivity contribution in [1.82, 2.24) is 4.98 Å². The summed E-state index contributed by atoms with van der Waals surface area (Å²) in [4.78, 5) is 4.14. The smallest absolute Gasteiger partial charge is 0.265 e. The van der Waals surface area contributed by atoms with Gasteiger partial charge in [-0.25, -0.2) is 0 Å². The first-order valence-electron chi connectivity index (χ1n) is 4.52. The van der Waals surface area contributed by atoms with Crippen molar-refractivity contribution in [1.29, 1.82) is 0 Å². The van der Waals surface area contributed by atoms with Gasteiger partial charge in [-0.3, -0.25) is 9.17 Å². The summed E-state index contributed by atoms with van der Waals surface area (Å²) in [5.41, 5.74) is -0.388. The Morgan fingerprint density at radius 3 is 2.56 bits per heavy atom. The molecule has 1 aromatic heterocycles. The molecule has 16 heavy (non-hydrogen) atoms. The van der Waals surface area contributed by atoms with E-state index in [1.54, 1.807) is 18.3 Å². The summed E-state index contributed by atoms with van der Waals surface area (Å²) in [6, 6.07) is 3.51. The molecule has 0 unspecified atom stereocenters. The van der Waals surface area contributed by atoms with Gasteiger partial charge >= 0.3 is 0 Å². The molecule has 1 aliphatic rings. The Labute approximate surface area is 102 Å². The van der Waals surface area contributed by atoms with Gasteiger partial charge in [-0.05, 0) is 28.1 Å². The van der Waals surface area contributed by atoms with Crippen LogP contribution in [0.3, 0.4) is 0 Å². The Hall–Kier alpha value is -0.500. The number of pyridine rings is 1. The monoisotopic (exact) mass is 307 g/mol. The number of halogens is 1. The van der Waals surface area contributed by atoms with Gasteiger partial charge in [-0.2, -0.15) is 8.42 Å². The molecule has 1 aromatic rings. The Morgan fingerprint density at radius 1 is 1.50 bits per heavy atom. The van der Waals surface area contributed by atoms with E-state index in [-0.39, 0.29) is 13.2 Å². The van der Waals surface area contributed by atoms with E-state index in [2.05, 4.69) is 20.9 Å². The summed E-state index contributed by atoms with van der Waals surface area (Å²) in [7, 11) is -3.53. The quantitative estimate of drug-likeness (QED) is 0.781. The normalized spacial score (nSPS) is 19.1. The third-order valence-electron chi connectivity index (χ3n) is 2.18. The van der Waals surface area contributed by atoms with Gasteiger partial charge in [0.1, 0.15) is 0 Å². The van der Waals surface area contributed by atoms with Gasteiger partial charge in [-0.15, -0.1) is 0 Å². The van der Waals surface area contributed by atoms with E-state index < -0.39 is 15.7 Å². The molecule has 1 fully saturated rings.